The van der Waals surface area contributed by atoms with Crippen LogP contribution in [-0.4, -0.2) is 20.7 Å². The zero-order chi connectivity index (χ0) is 17.1. The van der Waals surface area contributed by atoms with E-state index < -0.39 is 0 Å². The molecule has 0 bridgehead atoms. The van der Waals surface area contributed by atoms with Crippen molar-refractivity contribution >= 4 is 23.7 Å². The Morgan fingerprint density at radius 2 is 1.88 bits per heavy atom. The number of nitrogens with zero attached hydrogens (tertiary/aromatic N) is 2. The Morgan fingerprint density at radius 1 is 1.08 bits per heavy atom. The van der Waals surface area contributed by atoms with Crippen LogP contribution >= 0.6 is 12.6 Å². The SMILES string of the molecule is SC[C@@H](Cc1ccc(C2CCCCC2)cc1)c1nc2ccncc2[nH]1. The van der Waals surface area contributed by atoms with Gasteiger partial charge >= 0.3 is 0 Å². The van der Waals surface area contributed by atoms with E-state index in [1.165, 1.54) is 43.2 Å². The minimum Gasteiger partial charge on any atom is -0.340 e. The molecule has 1 aromatic carbocycles. The Hall–Kier alpha value is -1.81. The normalized spacial score (nSPS) is 17.0. The fraction of sp³-hybridized carbons (Fsp3) is 0.429. The summed E-state index contributed by atoms with van der Waals surface area (Å²) in [6.45, 7) is 0. The van der Waals surface area contributed by atoms with Gasteiger partial charge in [0, 0.05) is 17.9 Å². The molecule has 2 aromatic heterocycles. The summed E-state index contributed by atoms with van der Waals surface area (Å²) in [5.41, 5.74) is 4.85. The van der Waals surface area contributed by atoms with Gasteiger partial charge in [0.15, 0.2) is 0 Å². The van der Waals surface area contributed by atoms with Crippen molar-refractivity contribution in [3.63, 3.8) is 0 Å². The maximum Gasteiger partial charge on any atom is 0.111 e. The van der Waals surface area contributed by atoms with E-state index in [9.17, 15) is 0 Å². The molecule has 0 amide bonds. The van der Waals surface area contributed by atoms with E-state index in [2.05, 4.69) is 46.9 Å². The van der Waals surface area contributed by atoms with E-state index in [4.69, 9.17) is 4.98 Å². The van der Waals surface area contributed by atoms with Crippen molar-refractivity contribution < 1.29 is 0 Å². The molecule has 0 radical (unpaired) electrons. The molecule has 1 saturated carbocycles. The molecular formula is C21H25N3S. The summed E-state index contributed by atoms with van der Waals surface area (Å²) in [5.74, 6) is 2.84. The molecular weight excluding hydrogens is 326 g/mol. The number of hydrogen-bond acceptors (Lipinski definition) is 3. The largest absolute Gasteiger partial charge is 0.340 e. The zero-order valence-corrected chi connectivity index (χ0v) is 15.4. The Labute approximate surface area is 154 Å². The summed E-state index contributed by atoms with van der Waals surface area (Å²) in [6.07, 6.45) is 11.5. The topological polar surface area (TPSA) is 41.6 Å². The molecule has 2 heterocycles. The van der Waals surface area contributed by atoms with Crippen molar-refractivity contribution in [2.24, 2.45) is 0 Å². The van der Waals surface area contributed by atoms with E-state index in [0.29, 0.717) is 0 Å². The standard InChI is InChI=1S/C21H25N3S/c25-14-18(21-23-19-10-11-22-13-20(19)24-21)12-15-6-8-17(9-7-15)16-4-2-1-3-5-16/h6-11,13,16,18,25H,1-5,12,14H2,(H,23,24)/t18-/m1/s1. The molecule has 0 saturated heterocycles. The summed E-state index contributed by atoms with van der Waals surface area (Å²) in [7, 11) is 0. The van der Waals surface area contributed by atoms with Gasteiger partial charge in [0.05, 0.1) is 17.2 Å². The van der Waals surface area contributed by atoms with Crippen LogP contribution in [0.25, 0.3) is 11.0 Å². The van der Waals surface area contributed by atoms with Gasteiger partial charge < -0.3 is 4.98 Å². The first-order chi connectivity index (χ1) is 12.3. The van der Waals surface area contributed by atoms with E-state index in [-0.39, 0.29) is 5.92 Å². The number of thiol groups is 1. The molecule has 1 aliphatic carbocycles. The smallest absolute Gasteiger partial charge is 0.111 e. The number of aromatic amines is 1. The van der Waals surface area contributed by atoms with Gasteiger partial charge in [0.1, 0.15) is 5.82 Å². The molecule has 1 N–H and O–H groups in total. The zero-order valence-electron chi connectivity index (χ0n) is 14.5. The number of aromatic nitrogens is 3. The first-order valence-corrected chi connectivity index (χ1v) is 9.96. The van der Waals surface area contributed by atoms with Crippen LogP contribution in [0.2, 0.25) is 0 Å². The first kappa shape index (κ1) is 16.6. The molecule has 0 unspecified atom stereocenters. The van der Waals surface area contributed by atoms with E-state index in [0.717, 1.165) is 34.9 Å². The molecule has 3 aromatic rings. The van der Waals surface area contributed by atoms with Crippen molar-refractivity contribution in [2.75, 3.05) is 5.75 Å². The van der Waals surface area contributed by atoms with Crippen molar-refractivity contribution in [2.45, 2.75) is 50.4 Å². The highest BCUT2D eigenvalue weighted by Gasteiger charge is 2.17. The number of nitrogens with one attached hydrogen (secondary N) is 1. The predicted octanol–water partition coefficient (Wildman–Crippen LogP) is 5.26. The second-order valence-corrected chi connectivity index (χ2v) is 7.54. The van der Waals surface area contributed by atoms with E-state index >= 15 is 0 Å². The average Bonchev–Trinajstić information content (AvgIpc) is 3.11. The van der Waals surface area contributed by atoms with Crippen LogP contribution in [0.4, 0.5) is 0 Å². The maximum absolute atomic E-state index is 4.73. The Morgan fingerprint density at radius 3 is 2.60 bits per heavy atom. The summed E-state index contributed by atoms with van der Waals surface area (Å²) < 4.78 is 0. The highest BCUT2D eigenvalue weighted by molar-refractivity contribution is 7.80. The third-order valence-electron chi connectivity index (χ3n) is 5.45. The van der Waals surface area contributed by atoms with Gasteiger partial charge in [-0.25, -0.2) is 4.98 Å². The lowest BCUT2D eigenvalue weighted by Crippen LogP contribution is -2.08. The second-order valence-electron chi connectivity index (χ2n) is 7.18. The average molecular weight is 352 g/mol. The second kappa shape index (κ2) is 7.61. The van der Waals surface area contributed by atoms with Crippen molar-refractivity contribution in [3.05, 3.63) is 59.7 Å². The molecule has 0 spiro atoms. The van der Waals surface area contributed by atoms with Crippen molar-refractivity contribution in [1.29, 1.82) is 0 Å². The minimum absolute atomic E-state index is 0.288. The van der Waals surface area contributed by atoms with Crippen LogP contribution in [0.1, 0.15) is 60.9 Å². The van der Waals surface area contributed by atoms with Crippen LogP contribution in [0, 0.1) is 0 Å². The molecule has 4 heteroatoms. The molecule has 130 valence electrons. The van der Waals surface area contributed by atoms with Crippen LogP contribution in [0.5, 0.6) is 0 Å². The number of rotatable bonds is 5. The lowest BCUT2D eigenvalue weighted by Gasteiger charge is -2.22. The third-order valence-corrected chi connectivity index (χ3v) is 5.89. The molecule has 25 heavy (non-hydrogen) atoms. The lowest BCUT2D eigenvalue weighted by atomic mass is 9.83. The lowest BCUT2D eigenvalue weighted by molar-refractivity contribution is 0.443. The third kappa shape index (κ3) is 3.74. The number of benzene rings is 1. The molecule has 0 aliphatic heterocycles. The Bertz CT molecular complexity index is 786. The number of fused-ring (bicyclic) bond motifs is 1. The van der Waals surface area contributed by atoms with Gasteiger partial charge in [-0.3, -0.25) is 4.98 Å². The summed E-state index contributed by atoms with van der Waals surface area (Å²) in [6, 6.07) is 11.2. The number of pyridine rings is 1. The van der Waals surface area contributed by atoms with Crippen molar-refractivity contribution in [1.82, 2.24) is 15.0 Å². The predicted molar refractivity (Wildman–Crippen MR) is 106 cm³/mol. The minimum atomic E-state index is 0.288. The quantitative estimate of drug-likeness (QED) is 0.616. The highest BCUT2D eigenvalue weighted by Crippen LogP contribution is 2.33. The summed E-state index contributed by atoms with van der Waals surface area (Å²) >= 11 is 4.57. The summed E-state index contributed by atoms with van der Waals surface area (Å²) in [5, 5.41) is 0. The maximum atomic E-state index is 4.73. The molecule has 4 rings (SSSR count). The molecule has 1 fully saturated rings. The van der Waals surface area contributed by atoms with E-state index in [1.54, 1.807) is 6.20 Å². The first-order valence-electron chi connectivity index (χ1n) is 9.33. The summed E-state index contributed by atoms with van der Waals surface area (Å²) in [4.78, 5) is 12.3. The van der Waals surface area contributed by atoms with Gasteiger partial charge in [-0.15, -0.1) is 0 Å². The number of hydrogen-bond donors (Lipinski definition) is 2. The van der Waals surface area contributed by atoms with Crippen LogP contribution in [-0.2, 0) is 6.42 Å². The molecule has 1 atom stereocenters. The fourth-order valence-corrected chi connectivity index (χ4v) is 4.27. The monoisotopic (exact) mass is 351 g/mol. The van der Waals surface area contributed by atoms with Gasteiger partial charge in [0.2, 0.25) is 0 Å². The fourth-order valence-electron chi connectivity index (χ4n) is 3.96. The van der Waals surface area contributed by atoms with Crippen LogP contribution < -0.4 is 0 Å². The van der Waals surface area contributed by atoms with Gasteiger partial charge in [-0.1, -0.05) is 43.5 Å². The van der Waals surface area contributed by atoms with Gasteiger partial charge in [-0.2, -0.15) is 12.6 Å². The van der Waals surface area contributed by atoms with Gasteiger partial charge in [0.25, 0.3) is 0 Å². The van der Waals surface area contributed by atoms with E-state index in [1.807, 2.05) is 12.3 Å². The number of H-pyrrole nitrogens is 1. The van der Waals surface area contributed by atoms with Crippen LogP contribution in [0.3, 0.4) is 0 Å². The Kier molecular flexibility index (Phi) is 5.07. The molecule has 1 aliphatic rings. The van der Waals surface area contributed by atoms with Gasteiger partial charge in [-0.05, 0) is 42.4 Å². The highest BCUT2D eigenvalue weighted by atomic mass is 32.1. The Balaban J connectivity index is 1.49. The van der Waals surface area contributed by atoms with Crippen LogP contribution in [0.15, 0.2) is 42.7 Å². The molecule has 3 nitrogen and oxygen atoms in total. The number of imidazole rings is 1. The van der Waals surface area contributed by atoms with Crippen molar-refractivity contribution in [3.8, 4) is 0 Å².